The number of amidine groups is 1. The third-order valence-electron chi connectivity index (χ3n) is 5.86. The zero-order chi connectivity index (χ0) is 22.0. The molecule has 0 unspecified atom stereocenters. The fourth-order valence-electron chi connectivity index (χ4n) is 4.05. The minimum atomic E-state index is 0.876. The lowest BCUT2D eigenvalue weighted by molar-refractivity contribution is 0.558. The minimum absolute atomic E-state index is 0.876. The highest BCUT2D eigenvalue weighted by molar-refractivity contribution is 7.22. The highest BCUT2D eigenvalue weighted by Gasteiger charge is 2.27. The van der Waals surface area contributed by atoms with Crippen molar-refractivity contribution in [3.8, 4) is 0 Å². The Bertz CT molecular complexity index is 951. The van der Waals surface area contributed by atoms with Crippen LogP contribution in [0.3, 0.4) is 0 Å². The van der Waals surface area contributed by atoms with Crippen molar-refractivity contribution in [2.75, 3.05) is 10.2 Å². The molecule has 0 spiro atoms. The second kappa shape index (κ2) is 11.9. The molecule has 0 radical (unpaired) electrons. The third-order valence-corrected chi connectivity index (χ3v) is 6.86. The molecule has 170 valence electrons. The van der Waals surface area contributed by atoms with Gasteiger partial charge in [-0.25, -0.2) is 4.98 Å². The van der Waals surface area contributed by atoms with Gasteiger partial charge >= 0.3 is 0 Å². The molecule has 0 amide bonds. The molecule has 2 aromatic carbocycles. The highest BCUT2D eigenvalue weighted by Crippen LogP contribution is 2.32. The summed E-state index contributed by atoms with van der Waals surface area (Å²) >= 11 is 1.67. The number of benzene rings is 2. The van der Waals surface area contributed by atoms with E-state index in [9.17, 15) is 0 Å². The summed E-state index contributed by atoms with van der Waals surface area (Å²) in [5.41, 5.74) is 5.57. The molecule has 5 nitrogen and oxygen atoms in total. The zero-order valence-corrected chi connectivity index (χ0v) is 20.0. The molecule has 0 atom stereocenters. The van der Waals surface area contributed by atoms with E-state index < -0.39 is 0 Å². The van der Waals surface area contributed by atoms with E-state index in [1.807, 2.05) is 34.5 Å². The van der Waals surface area contributed by atoms with Gasteiger partial charge in [-0.05, 0) is 30.7 Å². The molecular formula is C26H35N5S. The number of hydrazone groups is 1. The Balaban J connectivity index is 1.31. The van der Waals surface area contributed by atoms with Crippen LogP contribution in [0.4, 0.5) is 10.8 Å². The number of anilines is 2. The van der Waals surface area contributed by atoms with Gasteiger partial charge < -0.3 is 0 Å². The zero-order valence-electron chi connectivity index (χ0n) is 19.2. The van der Waals surface area contributed by atoms with E-state index in [0.29, 0.717) is 0 Å². The number of hydrazine groups is 2. The van der Waals surface area contributed by atoms with Crippen LogP contribution in [0, 0.1) is 0 Å². The summed E-state index contributed by atoms with van der Waals surface area (Å²) in [7, 11) is 0. The Hall–Kier alpha value is -2.60. The maximum Gasteiger partial charge on any atom is 0.230 e. The molecule has 3 aromatic rings. The number of nitrogens with zero attached hydrogens (tertiary/aromatic N) is 4. The molecular weight excluding hydrogens is 414 g/mol. The van der Waals surface area contributed by atoms with Crippen molar-refractivity contribution in [3.63, 3.8) is 0 Å². The van der Waals surface area contributed by atoms with E-state index in [0.717, 1.165) is 35.0 Å². The quantitative estimate of drug-likeness (QED) is 0.272. The smallest absolute Gasteiger partial charge is 0.230 e. The molecule has 0 saturated heterocycles. The molecule has 1 N–H and O–H groups in total. The van der Waals surface area contributed by atoms with Crippen LogP contribution < -0.4 is 15.7 Å². The average Bonchev–Trinajstić information content (AvgIpc) is 3.45. The van der Waals surface area contributed by atoms with Crippen LogP contribution in [0.25, 0.3) is 10.2 Å². The van der Waals surface area contributed by atoms with Gasteiger partial charge in [0, 0.05) is 6.42 Å². The summed E-state index contributed by atoms with van der Waals surface area (Å²) in [6.07, 6.45) is 14.4. The van der Waals surface area contributed by atoms with Gasteiger partial charge in [-0.3, -0.25) is 5.43 Å². The van der Waals surface area contributed by atoms with Gasteiger partial charge in [0.2, 0.25) is 5.13 Å². The molecule has 0 saturated carbocycles. The van der Waals surface area contributed by atoms with Crippen molar-refractivity contribution in [2.24, 2.45) is 5.10 Å². The first kappa shape index (κ1) is 22.6. The number of hydrogen-bond donors (Lipinski definition) is 1. The van der Waals surface area contributed by atoms with Gasteiger partial charge in [0.1, 0.15) is 5.84 Å². The molecule has 4 rings (SSSR count). The topological polar surface area (TPSA) is 43.8 Å². The first-order valence-electron chi connectivity index (χ1n) is 12.2. The van der Waals surface area contributed by atoms with Crippen molar-refractivity contribution in [3.05, 3.63) is 54.6 Å². The fourth-order valence-corrected chi connectivity index (χ4v) is 4.96. The van der Waals surface area contributed by atoms with Crippen LogP contribution in [0.2, 0.25) is 0 Å². The van der Waals surface area contributed by atoms with Gasteiger partial charge in [-0.1, -0.05) is 106 Å². The normalized spacial score (nSPS) is 13.6. The predicted molar refractivity (Wildman–Crippen MR) is 138 cm³/mol. The summed E-state index contributed by atoms with van der Waals surface area (Å²) < 4.78 is 1.17. The highest BCUT2D eigenvalue weighted by atomic mass is 32.1. The van der Waals surface area contributed by atoms with E-state index in [4.69, 9.17) is 10.1 Å². The second-order valence-electron chi connectivity index (χ2n) is 8.49. The Morgan fingerprint density at radius 3 is 2.16 bits per heavy atom. The maximum atomic E-state index is 4.90. The van der Waals surface area contributed by atoms with Gasteiger partial charge in [-0.15, -0.1) is 10.2 Å². The largest absolute Gasteiger partial charge is 0.263 e. The molecule has 1 aromatic heterocycles. The summed E-state index contributed by atoms with van der Waals surface area (Å²) in [4.78, 5) is 4.82. The fraction of sp³-hybridized carbons (Fsp3) is 0.462. The van der Waals surface area contributed by atoms with Crippen LogP contribution in [0.1, 0.15) is 77.6 Å². The molecule has 0 aliphatic carbocycles. The molecule has 0 bridgehead atoms. The number of nitrogens with one attached hydrogen (secondary N) is 1. The van der Waals surface area contributed by atoms with Gasteiger partial charge in [0.05, 0.1) is 15.9 Å². The van der Waals surface area contributed by atoms with E-state index in [2.05, 4.69) is 42.7 Å². The summed E-state index contributed by atoms with van der Waals surface area (Å²) in [5.74, 6) is 1.01. The first-order chi connectivity index (χ1) is 15.8. The van der Waals surface area contributed by atoms with E-state index in [-0.39, 0.29) is 0 Å². The molecule has 2 heterocycles. The van der Waals surface area contributed by atoms with Gasteiger partial charge in [0.25, 0.3) is 0 Å². The van der Waals surface area contributed by atoms with Gasteiger partial charge in [0.15, 0.2) is 0 Å². The molecule has 6 heteroatoms. The molecule has 1 aliphatic heterocycles. The second-order valence-corrected chi connectivity index (χ2v) is 9.50. The third kappa shape index (κ3) is 6.00. The van der Waals surface area contributed by atoms with E-state index in [1.165, 1.54) is 62.5 Å². The number of unbranched alkanes of at least 4 members (excludes halogenated alkanes) is 9. The standard InChI is InChI=1S/C26H35N5S/c1-2-3-4-5-6-7-8-9-10-14-21-25-28-30(22-17-12-11-13-18-22)31(29-25)26-27-23-19-15-16-20-24(23)32-26/h11-13,15-20H,2-10,14,21H2,1H3,(H,28,29). The predicted octanol–water partition coefficient (Wildman–Crippen LogP) is 7.67. The average molecular weight is 450 g/mol. The summed E-state index contributed by atoms with van der Waals surface area (Å²) in [5, 5.41) is 9.69. The monoisotopic (exact) mass is 449 g/mol. The lowest BCUT2D eigenvalue weighted by atomic mass is 10.1. The van der Waals surface area contributed by atoms with Crippen LogP contribution in [-0.2, 0) is 0 Å². The van der Waals surface area contributed by atoms with E-state index >= 15 is 0 Å². The Kier molecular flexibility index (Phi) is 8.37. The number of thiazole rings is 1. The number of para-hydroxylation sites is 2. The van der Waals surface area contributed by atoms with Crippen LogP contribution in [0.5, 0.6) is 0 Å². The first-order valence-corrected chi connectivity index (χ1v) is 13.0. The lowest BCUT2D eigenvalue weighted by Crippen LogP contribution is -2.44. The van der Waals surface area contributed by atoms with Gasteiger partial charge in [-0.2, -0.15) is 5.12 Å². The van der Waals surface area contributed by atoms with Crippen molar-refractivity contribution in [2.45, 2.75) is 77.6 Å². The Morgan fingerprint density at radius 2 is 1.44 bits per heavy atom. The molecule has 32 heavy (non-hydrogen) atoms. The summed E-state index contributed by atoms with van der Waals surface area (Å²) in [6, 6.07) is 18.6. The van der Waals surface area contributed by atoms with Crippen molar-refractivity contribution >= 4 is 38.2 Å². The Labute approximate surface area is 196 Å². The molecule has 1 aliphatic rings. The number of hydrogen-bond acceptors (Lipinski definition) is 6. The van der Waals surface area contributed by atoms with Crippen molar-refractivity contribution < 1.29 is 0 Å². The Morgan fingerprint density at radius 1 is 0.781 bits per heavy atom. The van der Waals surface area contributed by atoms with Crippen LogP contribution in [0.15, 0.2) is 59.7 Å². The van der Waals surface area contributed by atoms with Crippen LogP contribution in [-0.4, -0.2) is 10.8 Å². The number of rotatable bonds is 13. The van der Waals surface area contributed by atoms with Crippen LogP contribution >= 0.6 is 11.3 Å². The molecule has 0 fully saturated rings. The number of aromatic nitrogens is 1. The number of fused-ring (bicyclic) bond motifs is 1. The SMILES string of the molecule is CCCCCCCCCCCCC1=NN(c2nc3ccccc3s2)N(c2ccccc2)N1. The lowest BCUT2D eigenvalue weighted by Gasteiger charge is -2.25. The minimum Gasteiger partial charge on any atom is -0.263 e. The van der Waals surface area contributed by atoms with E-state index in [1.54, 1.807) is 11.3 Å². The van der Waals surface area contributed by atoms with Crippen molar-refractivity contribution in [1.82, 2.24) is 10.4 Å². The summed E-state index contributed by atoms with van der Waals surface area (Å²) in [6.45, 7) is 2.28. The maximum absolute atomic E-state index is 4.90. The van der Waals surface area contributed by atoms with Crippen molar-refractivity contribution in [1.29, 1.82) is 0 Å².